The van der Waals surface area contributed by atoms with Crippen LogP contribution in [0.15, 0.2) is 60.7 Å². The molecule has 0 aliphatic rings. The van der Waals surface area contributed by atoms with Gasteiger partial charge in [0, 0.05) is 17.0 Å². The molecule has 3 aromatic rings. The van der Waals surface area contributed by atoms with Crippen LogP contribution in [-0.4, -0.2) is 23.7 Å². The van der Waals surface area contributed by atoms with Gasteiger partial charge in [-0.3, -0.25) is 4.79 Å². The second kappa shape index (κ2) is 8.05. The fourth-order valence-electron chi connectivity index (χ4n) is 2.73. The van der Waals surface area contributed by atoms with E-state index in [2.05, 4.69) is 0 Å². The average molecular weight is 381 g/mol. The zero-order valence-corrected chi connectivity index (χ0v) is 15.8. The van der Waals surface area contributed by atoms with Gasteiger partial charge in [0.2, 0.25) is 5.06 Å². The number of thiophene rings is 1. The Morgan fingerprint density at radius 3 is 2.33 bits per heavy atom. The highest BCUT2D eigenvalue weighted by Gasteiger charge is 2.24. The molecule has 0 atom stereocenters. The van der Waals surface area contributed by atoms with Gasteiger partial charge in [-0.1, -0.05) is 59.4 Å². The van der Waals surface area contributed by atoms with E-state index in [1.54, 1.807) is 18.2 Å². The number of carboxylic acid groups (broad SMARTS) is 1. The number of rotatable bonds is 5. The number of anilines is 1. The second-order valence-electron chi connectivity index (χ2n) is 5.93. The Morgan fingerprint density at radius 1 is 1.07 bits per heavy atom. The smallest absolute Gasteiger partial charge is 0.449 e. The largest absolute Gasteiger partial charge is 0.512 e. The lowest BCUT2D eigenvalue weighted by atomic mass is 10.1. The maximum absolute atomic E-state index is 13.0. The van der Waals surface area contributed by atoms with Gasteiger partial charge in [0.15, 0.2) is 0 Å². The molecule has 1 aromatic heterocycles. The molecule has 0 aliphatic heterocycles. The lowest BCUT2D eigenvalue weighted by Gasteiger charge is -2.20. The van der Waals surface area contributed by atoms with E-state index in [9.17, 15) is 9.59 Å². The fourth-order valence-corrected chi connectivity index (χ4v) is 3.74. The minimum Gasteiger partial charge on any atom is -0.449 e. The molecule has 0 bridgehead atoms. The first-order valence-corrected chi connectivity index (χ1v) is 9.29. The summed E-state index contributed by atoms with van der Waals surface area (Å²) in [5.41, 5.74) is 2.99. The number of hydrogen-bond acceptors (Lipinski definition) is 4. The highest BCUT2D eigenvalue weighted by atomic mass is 32.1. The van der Waals surface area contributed by atoms with Crippen LogP contribution in [0.25, 0.3) is 10.4 Å². The first-order chi connectivity index (χ1) is 13.0. The Bertz CT molecular complexity index is 948. The number of aryl methyl sites for hydroxylation is 1. The Morgan fingerprint density at radius 2 is 1.74 bits per heavy atom. The van der Waals surface area contributed by atoms with E-state index < -0.39 is 6.16 Å². The van der Waals surface area contributed by atoms with Crippen molar-refractivity contribution >= 4 is 29.1 Å². The number of benzene rings is 2. The lowest BCUT2D eigenvalue weighted by molar-refractivity contribution is 0.0986. The molecule has 0 saturated carbocycles. The summed E-state index contributed by atoms with van der Waals surface area (Å²) < 4.78 is 4.98. The monoisotopic (exact) mass is 381 g/mol. The van der Waals surface area contributed by atoms with Crippen molar-refractivity contribution in [2.75, 3.05) is 11.4 Å². The maximum atomic E-state index is 13.0. The Balaban J connectivity index is 2.03. The van der Waals surface area contributed by atoms with Crippen LogP contribution < -0.4 is 9.64 Å². The summed E-state index contributed by atoms with van der Waals surface area (Å²) in [4.78, 5) is 26.5. The van der Waals surface area contributed by atoms with Crippen molar-refractivity contribution in [2.45, 2.75) is 13.8 Å². The minimum absolute atomic E-state index is 0.184. The van der Waals surface area contributed by atoms with E-state index in [0.29, 0.717) is 17.8 Å². The van der Waals surface area contributed by atoms with Gasteiger partial charge in [0.25, 0.3) is 5.91 Å². The number of carbonyl (C=O) groups is 2. The summed E-state index contributed by atoms with van der Waals surface area (Å²) in [5, 5.41) is 9.28. The Kier molecular flexibility index (Phi) is 5.57. The van der Waals surface area contributed by atoms with Crippen molar-refractivity contribution in [2.24, 2.45) is 0 Å². The molecule has 1 N–H and O–H groups in total. The third-order valence-corrected chi connectivity index (χ3v) is 5.12. The first-order valence-electron chi connectivity index (χ1n) is 8.48. The number of amides is 1. The van der Waals surface area contributed by atoms with Gasteiger partial charge in [0.1, 0.15) is 0 Å². The summed E-state index contributed by atoms with van der Waals surface area (Å²) in [5.74, 6) is -0.204. The molecular formula is C21H19NO4S. The Labute approximate surface area is 161 Å². The number of carbonyl (C=O) groups excluding carboxylic acids is 1. The summed E-state index contributed by atoms with van der Waals surface area (Å²) >= 11 is 1.20. The van der Waals surface area contributed by atoms with E-state index >= 15 is 0 Å². The molecule has 1 heterocycles. The third-order valence-electron chi connectivity index (χ3n) is 4.07. The van der Waals surface area contributed by atoms with E-state index in [-0.39, 0.29) is 11.0 Å². The summed E-state index contributed by atoms with van der Waals surface area (Å²) in [6.45, 7) is 4.18. The van der Waals surface area contributed by atoms with Crippen LogP contribution in [0, 0.1) is 6.92 Å². The van der Waals surface area contributed by atoms with Crippen molar-refractivity contribution in [1.82, 2.24) is 0 Å². The fraction of sp³-hybridized carbons (Fsp3) is 0.143. The molecule has 0 aliphatic carbocycles. The molecule has 138 valence electrons. The molecule has 6 heteroatoms. The van der Waals surface area contributed by atoms with Gasteiger partial charge in [-0.25, -0.2) is 4.79 Å². The van der Waals surface area contributed by atoms with Crippen LogP contribution in [0.1, 0.15) is 22.8 Å². The summed E-state index contributed by atoms with van der Waals surface area (Å²) in [6, 6.07) is 18.7. The van der Waals surface area contributed by atoms with Gasteiger partial charge in [-0.15, -0.1) is 0 Å². The molecule has 0 saturated heterocycles. The quantitative estimate of drug-likeness (QED) is 0.597. The van der Waals surface area contributed by atoms with Gasteiger partial charge >= 0.3 is 6.16 Å². The van der Waals surface area contributed by atoms with Crippen LogP contribution in [0.2, 0.25) is 0 Å². The second-order valence-corrected chi connectivity index (χ2v) is 6.95. The molecule has 3 rings (SSSR count). The van der Waals surface area contributed by atoms with Crippen LogP contribution in [0.4, 0.5) is 10.5 Å². The SMILES string of the molecule is CCN(C(=O)c1ccc(C)cc1)c1cc(-c2ccccc2)sc1OC(=O)O. The number of hydrogen-bond donors (Lipinski definition) is 1. The topological polar surface area (TPSA) is 66.8 Å². The van der Waals surface area contributed by atoms with Crippen molar-refractivity contribution in [3.8, 4) is 15.5 Å². The normalized spacial score (nSPS) is 10.4. The maximum Gasteiger partial charge on any atom is 0.512 e. The van der Waals surface area contributed by atoms with Crippen molar-refractivity contribution in [1.29, 1.82) is 0 Å². The van der Waals surface area contributed by atoms with Crippen LogP contribution in [0.5, 0.6) is 5.06 Å². The van der Waals surface area contributed by atoms with Gasteiger partial charge < -0.3 is 14.7 Å². The zero-order valence-electron chi connectivity index (χ0n) is 15.0. The van der Waals surface area contributed by atoms with Crippen molar-refractivity contribution < 1.29 is 19.4 Å². The van der Waals surface area contributed by atoms with E-state index in [0.717, 1.165) is 16.0 Å². The molecule has 27 heavy (non-hydrogen) atoms. The molecule has 0 fully saturated rings. The Hall–Kier alpha value is -3.12. The molecule has 0 spiro atoms. The van der Waals surface area contributed by atoms with Crippen LogP contribution in [-0.2, 0) is 0 Å². The standard InChI is InChI=1S/C21H19NO4S/c1-3-22(19(23)16-11-9-14(2)10-12-16)17-13-18(15-7-5-4-6-8-15)27-20(17)26-21(24)25/h4-13H,3H2,1-2H3,(H,24,25). The first kappa shape index (κ1) is 18.7. The van der Waals surface area contributed by atoms with Gasteiger partial charge in [-0.05, 0) is 37.6 Å². The van der Waals surface area contributed by atoms with Crippen LogP contribution in [0.3, 0.4) is 0 Å². The van der Waals surface area contributed by atoms with Crippen molar-refractivity contribution in [3.05, 3.63) is 71.8 Å². The number of ether oxygens (including phenoxy) is 1. The molecule has 1 amide bonds. The summed E-state index contributed by atoms with van der Waals surface area (Å²) in [7, 11) is 0. The molecule has 5 nitrogen and oxygen atoms in total. The van der Waals surface area contributed by atoms with E-state index in [1.807, 2.05) is 56.3 Å². The minimum atomic E-state index is -1.41. The van der Waals surface area contributed by atoms with Gasteiger partial charge in [0.05, 0.1) is 5.69 Å². The highest BCUT2D eigenvalue weighted by Crippen LogP contribution is 2.43. The molecule has 0 radical (unpaired) electrons. The number of nitrogens with zero attached hydrogens (tertiary/aromatic N) is 1. The third kappa shape index (κ3) is 4.17. The molecular weight excluding hydrogens is 362 g/mol. The highest BCUT2D eigenvalue weighted by molar-refractivity contribution is 7.18. The van der Waals surface area contributed by atoms with Gasteiger partial charge in [-0.2, -0.15) is 0 Å². The zero-order chi connectivity index (χ0) is 19.4. The molecule has 2 aromatic carbocycles. The molecule has 0 unspecified atom stereocenters. The van der Waals surface area contributed by atoms with Crippen LogP contribution >= 0.6 is 11.3 Å². The predicted molar refractivity (Wildman–Crippen MR) is 107 cm³/mol. The van der Waals surface area contributed by atoms with E-state index in [4.69, 9.17) is 9.84 Å². The average Bonchev–Trinajstić information content (AvgIpc) is 3.06. The summed E-state index contributed by atoms with van der Waals surface area (Å²) in [6.07, 6.45) is -1.41. The predicted octanol–water partition coefficient (Wildman–Crippen LogP) is 5.45. The lowest BCUT2D eigenvalue weighted by Crippen LogP contribution is -2.30. The van der Waals surface area contributed by atoms with Crippen molar-refractivity contribution in [3.63, 3.8) is 0 Å². The van der Waals surface area contributed by atoms with E-state index in [1.165, 1.54) is 16.2 Å².